The number of nitriles is 1. The molecule has 144 valence electrons. The molecular formula is C19H17N3O5S. The molecule has 0 unspecified atom stereocenters. The number of aryl methyl sites for hydroxylation is 1. The molecule has 0 aliphatic rings. The second kappa shape index (κ2) is 7.62. The molecule has 0 aliphatic heterocycles. The van der Waals surface area contributed by atoms with Crippen LogP contribution in [0.1, 0.15) is 11.1 Å². The lowest BCUT2D eigenvalue weighted by atomic mass is 10.1. The number of nitrogens with zero attached hydrogens (tertiary/aromatic N) is 1. The molecule has 1 heterocycles. The van der Waals surface area contributed by atoms with E-state index < -0.39 is 16.0 Å². The second-order valence-corrected chi connectivity index (χ2v) is 7.62. The number of H-pyrrole nitrogens is 1. The quantitative estimate of drug-likeness (QED) is 0.615. The number of carbonyl (C=O) groups is 1. The Hall–Kier alpha value is -3.51. The van der Waals surface area contributed by atoms with Crippen LogP contribution in [0.4, 0.5) is 5.69 Å². The first-order valence-corrected chi connectivity index (χ1v) is 9.67. The van der Waals surface area contributed by atoms with E-state index in [0.717, 1.165) is 5.56 Å². The number of anilines is 1. The maximum Gasteiger partial charge on any atom is 0.343 e. The predicted octanol–water partition coefficient (Wildman–Crippen LogP) is 2.70. The zero-order chi connectivity index (χ0) is 20.3. The fourth-order valence-corrected chi connectivity index (χ4v) is 3.84. The third-order valence-corrected chi connectivity index (χ3v) is 5.47. The van der Waals surface area contributed by atoms with Gasteiger partial charge < -0.3 is 14.5 Å². The SMILES string of the molecule is COC(=O)COc1cccc(S(=O)(=O)Nc2ccc(C)c3c(C#N)c[nH]c23)c1. The zero-order valence-electron chi connectivity index (χ0n) is 15.1. The molecule has 0 aliphatic carbocycles. The molecule has 2 aromatic carbocycles. The van der Waals surface area contributed by atoms with Gasteiger partial charge in [-0.1, -0.05) is 12.1 Å². The average Bonchev–Trinajstić information content (AvgIpc) is 3.14. The van der Waals surface area contributed by atoms with Crippen LogP contribution in [0, 0.1) is 18.3 Å². The van der Waals surface area contributed by atoms with Crippen molar-refractivity contribution in [3.05, 3.63) is 53.7 Å². The Morgan fingerprint density at radius 3 is 2.79 bits per heavy atom. The van der Waals surface area contributed by atoms with Crippen molar-refractivity contribution in [1.82, 2.24) is 4.98 Å². The summed E-state index contributed by atoms with van der Waals surface area (Å²) in [6, 6.07) is 11.2. The summed E-state index contributed by atoms with van der Waals surface area (Å²) >= 11 is 0. The highest BCUT2D eigenvalue weighted by molar-refractivity contribution is 7.92. The van der Waals surface area contributed by atoms with Gasteiger partial charge in [0.2, 0.25) is 0 Å². The van der Waals surface area contributed by atoms with E-state index in [0.29, 0.717) is 22.2 Å². The fourth-order valence-electron chi connectivity index (χ4n) is 2.73. The summed E-state index contributed by atoms with van der Waals surface area (Å²) in [5, 5.41) is 9.90. The molecular weight excluding hydrogens is 382 g/mol. The van der Waals surface area contributed by atoms with Crippen LogP contribution in [-0.4, -0.2) is 33.1 Å². The molecule has 0 spiro atoms. The van der Waals surface area contributed by atoms with Crippen molar-refractivity contribution in [2.45, 2.75) is 11.8 Å². The Kier molecular flexibility index (Phi) is 5.24. The van der Waals surface area contributed by atoms with Gasteiger partial charge in [-0.15, -0.1) is 0 Å². The molecule has 1 aromatic heterocycles. The smallest absolute Gasteiger partial charge is 0.343 e. The Morgan fingerprint density at radius 1 is 1.29 bits per heavy atom. The van der Waals surface area contributed by atoms with E-state index in [1.54, 1.807) is 12.1 Å². The van der Waals surface area contributed by atoms with Crippen LogP contribution >= 0.6 is 0 Å². The van der Waals surface area contributed by atoms with E-state index in [4.69, 9.17) is 4.74 Å². The number of benzene rings is 2. The Morgan fingerprint density at radius 2 is 2.07 bits per heavy atom. The van der Waals surface area contributed by atoms with Crippen LogP contribution < -0.4 is 9.46 Å². The highest BCUT2D eigenvalue weighted by Gasteiger charge is 2.18. The van der Waals surface area contributed by atoms with Crippen molar-refractivity contribution < 1.29 is 22.7 Å². The number of methoxy groups -OCH3 is 1. The first kappa shape index (κ1) is 19.3. The van der Waals surface area contributed by atoms with Crippen molar-refractivity contribution in [3.63, 3.8) is 0 Å². The third kappa shape index (κ3) is 3.77. The minimum Gasteiger partial charge on any atom is -0.482 e. The second-order valence-electron chi connectivity index (χ2n) is 5.94. The van der Waals surface area contributed by atoms with Crippen LogP contribution in [0.25, 0.3) is 10.9 Å². The number of esters is 1. The van der Waals surface area contributed by atoms with E-state index >= 15 is 0 Å². The molecule has 0 bridgehead atoms. The number of nitrogens with one attached hydrogen (secondary N) is 2. The number of rotatable bonds is 6. The third-order valence-electron chi connectivity index (χ3n) is 4.11. The first-order valence-electron chi connectivity index (χ1n) is 8.19. The van der Waals surface area contributed by atoms with Gasteiger partial charge in [0.15, 0.2) is 6.61 Å². The van der Waals surface area contributed by atoms with Gasteiger partial charge in [-0.3, -0.25) is 4.72 Å². The molecule has 28 heavy (non-hydrogen) atoms. The summed E-state index contributed by atoms with van der Waals surface area (Å²) in [5.41, 5.74) is 2.14. The van der Waals surface area contributed by atoms with Crippen LogP contribution in [0.5, 0.6) is 5.75 Å². The first-order chi connectivity index (χ1) is 13.4. The van der Waals surface area contributed by atoms with Crippen molar-refractivity contribution in [3.8, 4) is 11.8 Å². The molecule has 0 saturated heterocycles. The lowest BCUT2D eigenvalue weighted by molar-refractivity contribution is -0.142. The molecule has 0 amide bonds. The standard InChI is InChI=1S/C19H17N3O5S/c1-12-6-7-16(19-18(12)13(9-20)10-21-19)22-28(24,25)15-5-3-4-14(8-15)27-11-17(23)26-2/h3-8,10,21-22H,11H2,1-2H3. The van der Waals surface area contributed by atoms with Crippen molar-refractivity contribution >= 4 is 32.6 Å². The normalized spacial score (nSPS) is 11.0. The fraction of sp³-hybridized carbons (Fsp3) is 0.158. The molecule has 9 heteroatoms. The lowest BCUT2D eigenvalue weighted by Crippen LogP contribution is -2.15. The Labute approximate surface area is 161 Å². The number of aromatic amines is 1. The molecule has 3 rings (SSSR count). The number of sulfonamides is 1. The average molecular weight is 399 g/mol. The van der Waals surface area contributed by atoms with Gasteiger partial charge in [0, 0.05) is 17.6 Å². The summed E-state index contributed by atoms with van der Waals surface area (Å²) in [4.78, 5) is 14.1. The molecule has 0 radical (unpaired) electrons. The van der Waals surface area contributed by atoms with E-state index in [9.17, 15) is 18.5 Å². The maximum absolute atomic E-state index is 12.8. The largest absolute Gasteiger partial charge is 0.482 e. The Balaban J connectivity index is 1.92. The van der Waals surface area contributed by atoms with Crippen LogP contribution in [-0.2, 0) is 19.6 Å². The van der Waals surface area contributed by atoms with E-state index in [-0.39, 0.29) is 17.3 Å². The van der Waals surface area contributed by atoms with Gasteiger partial charge in [-0.2, -0.15) is 5.26 Å². The van der Waals surface area contributed by atoms with Crippen LogP contribution in [0.3, 0.4) is 0 Å². The van der Waals surface area contributed by atoms with Crippen molar-refractivity contribution in [1.29, 1.82) is 5.26 Å². The summed E-state index contributed by atoms with van der Waals surface area (Å²) in [7, 11) is -2.70. The lowest BCUT2D eigenvalue weighted by Gasteiger charge is -2.11. The molecule has 0 saturated carbocycles. The number of fused-ring (bicyclic) bond motifs is 1. The summed E-state index contributed by atoms with van der Waals surface area (Å²) in [6.45, 7) is 1.52. The van der Waals surface area contributed by atoms with E-state index in [2.05, 4.69) is 20.5 Å². The molecule has 8 nitrogen and oxygen atoms in total. The van der Waals surface area contributed by atoms with E-state index in [1.165, 1.54) is 37.6 Å². The van der Waals surface area contributed by atoms with Gasteiger partial charge in [0.05, 0.1) is 28.8 Å². The number of hydrogen-bond donors (Lipinski definition) is 2. The highest BCUT2D eigenvalue weighted by atomic mass is 32.2. The van der Waals surface area contributed by atoms with Gasteiger partial charge in [-0.05, 0) is 30.7 Å². The Bertz CT molecular complexity index is 1190. The summed E-state index contributed by atoms with van der Waals surface area (Å²) in [6.07, 6.45) is 1.54. The summed E-state index contributed by atoms with van der Waals surface area (Å²) in [5.74, 6) is -0.359. The van der Waals surface area contributed by atoms with E-state index in [1.807, 2.05) is 6.92 Å². The number of aromatic nitrogens is 1. The molecule has 3 aromatic rings. The van der Waals surface area contributed by atoms with Crippen LogP contribution in [0.15, 0.2) is 47.5 Å². The van der Waals surface area contributed by atoms with Crippen molar-refractivity contribution in [2.75, 3.05) is 18.4 Å². The molecule has 0 fully saturated rings. The number of ether oxygens (including phenoxy) is 2. The van der Waals surface area contributed by atoms with Gasteiger partial charge >= 0.3 is 5.97 Å². The maximum atomic E-state index is 12.8. The highest BCUT2D eigenvalue weighted by Crippen LogP contribution is 2.30. The van der Waals surface area contributed by atoms with Gasteiger partial charge in [-0.25, -0.2) is 13.2 Å². The monoisotopic (exact) mass is 399 g/mol. The topological polar surface area (TPSA) is 121 Å². The number of hydrogen-bond acceptors (Lipinski definition) is 6. The van der Waals surface area contributed by atoms with Gasteiger partial charge in [0.1, 0.15) is 11.8 Å². The van der Waals surface area contributed by atoms with Crippen LogP contribution in [0.2, 0.25) is 0 Å². The number of carbonyl (C=O) groups excluding carboxylic acids is 1. The molecule has 2 N–H and O–H groups in total. The predicted molar refractivity (Wildman–Crippen MR) is 103 cm³/mol. The minimum absolute atomic E-state index is 0.0318. The van der Waals surface area contributed by atoms with Gasteiger partial charge in [0.25, 0.3) is 10.0 Å². The van der Waals surface area contributed by atoms with Crippen molar-refractivity contribution in [2.24, 2.45) is 0 Å². The summed E-state index contributed by atoms with van der Waals surface area (Å²) < 4.78 is 37.9. The minimum atomic E-state index is -3.93. The zero-order valence-corrected chi connectivity index (χ0v) is 16.0. The molecule has 0 atom stereocenters.